The highest BCUT2D eigenvalue weighted by Crippen LogP contribution is 2.37. The van der Waals surface area contributed by atoms with Crippen LogP contribution in [0.15, 0.2) is 24.3 Å². The van der Waals surface area contributed by atoms with Gasteiger partial charge in [0.15, 0.2) is 7.29 Å². The van der Waals surface area contributed by atoms with Gasteiger partial charge in [0, 0.05) is 13.3 Å². The van der Waals surface area contributed by atoms with E-state index in [0.717, 1.165) is 0 Å². The zero-order chi connectivity index (χ0) is 9.19. The van der Waals surface area contributed by atoms with Gasteiger partial charge < -0.3 is 9.65 Å². The highest BCUT2D eigenvalue weighted by Gasteiger charge is 2.08. The van der Waals surface area contributed by atoms with Crippen molar-refractivity contribution >= 4 is 13.0 Å². The molecule has 0 heterocycles. The van der Waals surface area contributed by atoms with Crippen molar-refractivity contribution in [2.24, 2.45) is 0 Å². The summed E-state index contributed by atoms with van der Waals surface area (Å²) in [5, 5.41) is 2.63. The summed E-state index contributed by atoms with van der Waals surface area (Å²) in [6.45, 7) is 3.11. The zero-order valence-corrected chi connectivity index (χ0v) is 7.94. The van der Waals surface area contributed by atoms with Crippen LogP contribution in [0.1, 0.15) is 0 Å². The number of nitrogens with one attached hydrogen (secondary N) is 1. The van der Waals surface area contributed by atoms with Crippen LogP contribution in [-0.4, -0.2) is 13.3 Å². The molecule has 0 atom stereocenters. The SMILES string of the molecule is CP(C)(=O)Nc1ccccc1F. The summed E-state index contributed by atoms with van der Waals surface area (Å²) >= 11 is 0. The summed E-state index contributed by atoms with van der Waals surface area (Å²) in [5.41, 5.74) is 0.297. The lowest BCUT2D eigenvalue weighted by molar-refractivity contribution is 0.584. The van der Waals surface area contributed by atoms with Gasteiger partial charge in [0.05, 0.1) is 5.69 Å². The van der Waals surface area contributed by atoms with Crippen molar-refractivity contribution < 1.29 is 8.96 Å². The average Bonchev–Trinajstić information content (AvgIpc) is 1.91. The summed E-state index contributed by atoms with van der Waals surface area (Å²) in [7, 11) is -2.40. The first-order chi connectivity index (χ1) is 5.49. The second kappa shape index (κ2) is 3.28. The van der Waals surface area contributed by atoms with Crippen molar-refractivity contribution in [3.8, 4) is 0 Å². The van der Waals surface area contributed by atoms with Crippen molar-refractivity contribution in [2.75, 3.05) is 18.4 Å². The van der Waals surface area contributed by atoms with Crippen LogP contribution in [0.3, 0.4) is 0 Å². The molecular weight excluding hydrogens is 176 g/mol. The molecule has 0 aliphatic rings. The van der Waals surface area contributed by atoms with Gasteiger partial charge in [-0.25, -0.2) is 4.39 Å². The van der Waals surface area contributed by atoms with Gasteiger partial charge in [0.25, 0.3) is 0 Å². The Labute approximate surface area is 71.2 Å². The molecular formula is C8H11FNOP. The summed E-state index contributed by atoms with van der Waals surface area (Å²) in [4.78, 5) is 0. The molecule has 1 aromatic rings. The van der Waals surface area contributed by atoms with E-state index in [4.69, 9.17) is 0 Å². The van der Waals surface area contributed by atoms with Gasteiger partial charge in [0.1, 0.15) is 5.82 Å². The maximum absolute atomic E-state index is 12.9. The highest BCUT2D eigenvalue weighted by molar-refractivity contribution is 7.63. The monoisotopic (exact) mass is 187 g/mol. The quantitative estimate of drug-likeness (QED) is 0.721. The second-order valence-corrected chi connectivity index (χ2v) is 5.87. The van der Waals surface area contributed by atoms with Crippen LogP contribution in [0.2, 0.25) is 0 Å². The van der Waals surface area contributed by atoms with E-state index < -0.39 is 7.29 Å². The number of rotatable bonds is 2. The molecule has 0 saturated heterocycles. The number of hydrogen-bond acceptors (Lipinski definition) is 1. The fourth-order valence-electron chi connectivity index (χ4n) is 0.842. The Kier molecular flexibility index (Phi) is 2.53. The normalized spacial score (nSPS) is 11.2. The minimum atomic E-state index is -2.40. The molecule has 0 spiro atoms. The van der Waals surface area contributed by atoms with Crippen molar-refractivity contribution in [1.82, 2.24) is 0 Å². The number of anilines is 1. The van der Waals surface area contributed by atoms with Gasteiger partial charge in [-0.05, 0) is 12.1 Å². The molecule has 2 nitrogen and oxygen atoms in total. The van der Waals surface area contributed by atoms with Gasteiger partial charge in [0.2, 0.25) is 0 Å². The third-order valence-electron chi connectivity index (χ3n) is 1.26. The van der Waals surface area contributed by atoms with Crippen LogP contribution in [0.5, 0.6) is 0 Å². The predicted molar refractivity (Wildman–Crippen MR) is 49.5 cm³/mol. The molecule has 0 amide bonds. The molecule has 12 heavy (non-hydrogen) atoms. The van der Waals surface area contributed by atoms with E-state index in [1.165, 1.54) is 6.07 Å². The Morgan fingerprint density at radius 2 is 1.92 bits per heavy atom. The number of hydrogen-bond donors (Lipinski definition) is 1. The molecule has 1 N–H and O–H groups in total. The lowest BCUT2D eigenvalue weighted by Crippen LogP contribution is -1.95. The van der Waals surface area contributed by atoms with E-state index in [2.05, 4.69) is 5.09 Å². The van der Waals surface area contributed by atoms with Gasteiger partial charge >= 0.3 is 0 Å². The molecule has 0 saturated carbocycles. The van der Waals surface area contributed by atoms with E-state index in [0.29, 0.717) is 5.69 Å². The Morgan fingerprint density at radius 1 is 1.33 bits per heavy atom. The Balaban J connectivity index is 2.90. The molecule has 1 rings (SSSR count). The zero-order valence-electron chi connectivity index (χ0n) is 7.04. The summed E-state index contributed by atoms with van der Waals surface area (Å²) < 4.78 is 24.2. The number of para-hydroxylation sites is 1. The molecule has 4 heteroatoms. The molecule has 0 unspecified atom stereocenters. The van der Waals surface area contributed by atoms with Gasteiger partial charge in [-0.2, -0.15) is 0 Å². The Morgan fingerprint density at radius 3 is 2.42 bits per heavy atom. The van der Waals surface area contributed by atoms with Crippen LogP contribution >= 0.6 is 7.29 Å². The van der Waals surface area contributed by atoms with E-state index in [-0.39, 0.29) is 5.82 Å². The smallest absolute Gasteiger partial charge is 0.164 e. The first-order valence-corrected chi connectivity index (χ1v) is 6.17. The first kappa shape index (κ1) is 9.27. The fourth-order valence-corrected chi connectivity index (χ4v) is 1.60. The van der Waals surface area contributed by atoms with Crippen molar-refractivity contribution in [1.29, 1.82) is 0 Å². The molecule has 66 valence electrons. The minimum Gasteiger partial charge on any atom is -0.334 e. The molecule has 0 radical (unpaired) electrons. The van der Waals surface area contributed by atoms with E-state index in [1.807, 2.05) is 0 Å². The molecule has 0 bridgehead atoms. The highest BCUT2D eigenvalue weighted by atomic mass is 31.2. The third-order valence-corrected chi connectivity index (χ3v) is 2.04. The van der Waals surface area contributed by atoms with Crippen molar-refractivity contribution in [3.63, 3.8) is 0 Å². The van der Waals surface area contributed by atoms with Gasteiger partial charge in [-0.3, -0.25) is 0 Å². The van der Waals surface area contributed by atoms with Gasteiger partial charge in [-0.1, -0.05) is 12.1 Å². The maximum Gasteiger partial charge on any atom is 0.164 e. The Bertz CT molecular complexity index is 321. The van der Waals surface area contributed by atoms with Crippen LogP contribution in [0, 0.1) is 5.82 Å². The maximum atomic E-state index is 12.9. The van der Waals surface area contributed by atoms with Crippen LogP contribution in [-0.2, 0) is 4.57 Å². The van der Waals surface area contributed by atoms with Crippen molar-refractivity contribution in [2.45, 2.75) is 0 Å². The minimum absolute atomic E-state index is 0.297. The second-order valence-electron chi connectivity index (χ2n) is 2.94. The summed E-state index contributed by atoms with van der Waals surface area (Å²) in [5.74, 6) is -0.374. The lowest BCUT2D eigenvalue weighted by atomic mass is 10.3. The molecule has 0 aliphatic carbocycles. The van der Waals surface area contributed by atoms with Gasteiger partial charge in [-0.15, -0.1) is 0 Å². The largest absolute Gasteiger partial charge is 0.334 e. The topological polar surface area (TPSA) is 29.1 Å². The average molecular weight is 187 g/mol. The standard InChI is InChI=1S/C8H11FNOP/c1-12(2,11)10-8-6-4-3-5-7(8)9/h3-6H,1-2H3,(H,10,11). The van der Waals surface area contributed by atoms with E-state index in [1.54, 1.807) is 31.5 Å². The molecule has 1 aromatic carbocycles. The lowest BCUT2D eigenvalue weighted by Gasteiger charge is -2.10. The molecule has 0 aliphatic heterocycles. The fraction of sp³-hybridized carbons (Fsp3) is 0.250. The van der Waals surface area contributed by atoms with E-state index in [9.17, 15) is 8.96 Å². The van der Waals surface area contributed by atoms with Crippen molar-refractivity contribution in [3.05, 3.63) is 30.1 Å². The Hall–Kier alpha value is -0.820. The van der Waals surface area contributed by atoms with E-state index >= 15 is 0 Å². The first-order valence-electron chi connectivity index (χ1n) is 3.57. The third kappa shape index (κ3) is 2.67. The van der Waals surface area contributed by atoms with Crippen LogP contribution in [0.4, 0.5) is 10.1 Å². The number of benzene rings is 1. The summed E-state index contributed by atoms with van der Waals surface area (Å²) in [6, 6.07) is 6.19. The number of halogens is 1. The summed E-state index contributed by atoms with van der Waals surface area (Å²) in [6.07, 6.45) is 0. The predicted octanol–water partition coefficient (Wildman–Crippen LogP) is 2.78. The van der Waals surface area contributed by atoms with Crippen LogP contribution < -0.4 is 5.09 Å². The van der Waals surface area contributed by atoms with Crippen LogP contribution in [0.25, 0.3) is 0 Å². The molecule has 0 aromatic heterocycles. The molecule has 0 fully saturated rings.